The number of benzene rings is 3. The molecule has 0 saturated carbocycles. The standard InChI is InChI=1S/C27H20Cl2N2O/c28-24-9-5-19(6-10-24)2-1-13-31-17-23(26-12-11-25(29)15-27(26)31)14-22(16-30)21-7-3-20(18-32)4-8-21/h3-12,14-15,17-18H,1-2,13H2/b22-14+. The number of carbonyl (C=O) groups is 1. The van der Waals surface area contributed by atoms with E-state index in [2.05, 4.69) is 29.0 Å². The summed E-state index contributed by atoms with van der Waals surface area (Å²) >= 11 is 12.3. The summed E-state index contributed by atoms with van der Waals surface area (Å²) in [6, 6.07) is 23.0. The molecule has 32 heavy (non-hydrogen) atoms. The Hall–Kier alpha value is -3.32. The van der Waals surface area contributed by atoms with Crippen LogP contribution in [0.15, 0.2) is 72.9 Å². The van der Waals surface area contributed by atoms with Gasteiger partial charge in [-0.05, 0) is 54.3 Å². The first kappa shape index (κ1) is 21.9. The minimum absolute atomic E-state index is 0.539. The van der Waals surface area contributed by atoms with Gasteiger partial charge in [0.2, 0.25) is 0 Å². The van der Waals surface area contributed by atoms with E-state index < -0.39 is 0 Å². The molecule has 3 aromatic carbocycles. The zero-order valence-corrected chi connectivity index (χ0v) is 18.8. The average molecular weight is 459 g/mol. The van der Waals surface area contributed by atoms with Crippen molar-refractivity contribution in [2.45, 2.75) is 19.4 Å². The van der Waals surface area contributed by atoms with Gasteiger partial charge in [0, 0.05) is 39.3 Å². The fourth-order valence-electron chi connectivity index (χ4n) is 3.78. The Morgan fingerprint density at radius 1 is 0.969 bits per heavy atom. The van der Waals surface area contributed by atoms with Gasteiger partial charge in [0.25, 0.3) is 0 Å². The van der Waals surface area contributed by atoms with Crippen LogP contribution < -0.4 is 0 Å². The van der Waals surface area contributed by atoms with Gasteiger partial charge < -0.3 is 4.57 Å². The van der Waals surface area contributed by atoms with Crippen LogP contribution in [0, 0.1) is 11.3 Å². The maximum Gasteiger partial charge on any atom is 0.150 e. The second-order valence-electron chi connectivity index (χ2n) is 7.58. The van der Waals surface area contributed by atoms with Crippen LogP contribution in [0.4, 0.5) is 0 Å². The third-order valence-corrected chi connectivity index (χ3v) is 5.92. The predicted octanol–water partition coefficient (Wildman–Crippen LogP) is 7.46. The zero-order chi connectivity index (χ0) is 22.5. The molecule has 5 heteroatoms. The normalized spacial score (nSPS) is 11.5. The zero-order valence-electron chi connectivity index (χ0n) is 17.3. The highest BCUT2D eigenvalue weighted by atomic mass is 35.5. The average Bonchev–Trinajstić information content (AvgIpc) is 3.15. The third kappa shape index (κ3) is 4.94. The third-order valence-electron chi connectivity index (χ3n) is 5.43. The van der Waals surface area contributed by atoms with Crippen LogP contribution in [0.5, 0.6) is 0 Å². The fraction of sp³-hybridized carbons (Fsp3) is 0.111. The lowest BCUT2D eigenvalue weighted by Gasteiger charge is -2.06. The van der Waals surface area contributed by atoms with Crippen molar-refractivity contribution in [1.29, 1.82) is 5.26 Å². The van der Waals surface area contributed by atoms with Gasteiger partial charge >= 0.3 is 0 Å². The first-order chi connectivity index (χ1) is 15.6. The molecule has 0 aliphatic heterocycles. The number of hydrogen-bond donors (Lipinski definition) is 0. The van der Waals surface area contributed by atoms with Gasteiger partial charge in [0.1, 0.15) is 6.29 Å². The van der Waals surface area contributed by atoms with Crippen molar-refractivity contribution in [1.82, 2.24) is 4.57 Å². The maximum atomic E-state index is 10.9. The predicted molar refractivity (Wildman–Crippen MR) is 132 cm³/mol. The number of fused-ring (bicyclic) bond motifs is 1. The SMILES string of the molecule is N#C/C(=C\c1cn(CCCc2ccc(Cl)cc2)c2cc(Cl)ccc12)c1ccc(C=O)cc1. The molecular weight excluding hydrogens is 439 g/mol. The Morgan fingerprint density at radius 3 is 2.38 bits per heavy atom. The molecule has 4 aromatic rings. The molecule has 0 N–H and O–H groups in total. The van der Waals surface area contributed by atoms with Gasteiger partial charge in [-0.3, -0.25) is 4.79 Å². The van der Waals surface area contributed by atoms with Crippen LogP contribution >= 0.6 is 23.2 Å². The van der Waals surface area contributed by atoms with E-state index in [0.29, 0.717) is 16.2 Å². The van der Waals surface area contributed by atoms with Gasteiger partial charge in [-0.15, -0.1) is 0 Å². The topological polar surface area (TPSA) is 45.8 Å². The van der Waals surface area contributed by atoms with Crippen LogP contribution in [0.3, 0.4) is 0 Å². The quantitative estimate of drug-likeness (QED) is 0.213. The van der Waals surface area contributed by atoms with Crippen LogP contribution in [-0.4, -0.2) is 10.9 Å². The van der Waals surface area contributed by atoms with E-state index in [1.807, 2.05) is 36.4 Å². The van der Waals surface area contributed by atoms with Crippen LogP contribution in [-0.2, 0) is 13.0 Å². The highest BCUT2D eigenvalue weighted by Gasteiger charge is 2.10. The molecule has 1 aromatic heterocycles. The molecule has 4 rings (SSSR count). The summed E-state index contributed by atoms with van der Waals surface area (Å²) in [6.45, 7) is 0.823. The summed E-state index contributed by atoms with van der Waals surface area (Å²) in [4.78, 5) is 10.9. The van der Waals surface area contributed by atoms with Gasteiger partial charge in [-0.25, -0.2) is 0 Å². The minimum Gasteiger partial charge on any atom is -0.347 e. The molecule has 0 amide bonds. The van der Waals surface area contributed by atoms with Crippen LogP contribution in [0.2, 0.25) is 10.0 Å². The smallest absolute Gasteiger partial charge is 0.150 e. The van der Waals surface area contributed by atoms with Crippen molar-refractivity contribution in [3.05, 3.63) is 105 Å². The van der Waals surface area contributed by atoms with E-state index in [4.69, 9.17) is 23.2 Å². The molecule has 0 aliphatic carbocycles. The van der Waals surface area contributed by atoms with Gasteiger partial charge in [0.15, 0.2) is 0 Å². The fourth-order valence-corrected chi connectivity index (χ4v) is 4.07. The number of nitriles is 1. The van der Waals surface area contributed by atoms with Crippen molar-refractivity contribution >= 4 is 52.0 Å². The number of allylic oxidation sites excluding steroid dienone is 1. The second kappa shape index (κ2) is 9.87. The molecule has 0 aliphatic rings. The molecule has 0 saturated heterocycles. The summed E-state index contributed by atoms with van der Waals surface area (Å²) in [6.07, 6.45) is 6.65. The molecule has 158 valence electrons. The number of nitrogens with zero attached hydrogens (tertiary/aromatic N) is 2. The second-order valence-corrected chi connectivity index (χ2v) is 8.45. The Balaban J connectivity index is 1.64. The van der Waals surface area contributed by atoms with Crippen LogP contribution in [0.1, 0.15) is 33.5 Å². The van der Waals surface area contributed by atoms with Crippen molar-refractivity contribution in [2.24, 2.45) is 0 Å². The van der Waals surface area contributed by atoms with E-state index in [0.717, 1.165) is 52.7 Å². The number of carbonyl (C=O) groups excluding carboxylic acids is 1. The molecule has 3 nitrogen and oxygen atoms in total. The summed E-state index contributed by atoms with van der Waals surface area (Å²) in [5.74, 6) is 0. The molecule has 0 unspecified atom stereocenters. The lowest BCUT2D eigenvalue weighted by atomic mass is 10.0. The van der Waals surface area contributed by atoms with E-state index in [9.17, 15) is 10.1 Å². The first-order valence-corrected chi connectivity index (χ1v) is 11.0. The van der Waals surface area contributed by atoms with E-state index in [1.54, 1.807) is 24.3 Å². The number of aryl methyl sites for hydroxylation is 2. The number of aldehydes is 1. The first-order valence-electron chi connectivity index (χ1n) is 10.3. The van der Waals surface area contributed by atoms with Crippen LogP contribution in [0.25, 0.3) is 22.6 Å². The van der Waals surface area contributed by atoms with E-state index in [1.165, 1.54) is 5.56 Å². The molecule has 0 spiro atoms. The lowest BCUT2D eigenvalue weighted by molar-refractivity contribution is 0.112. The molecule has 0 fully saturated rings. The summed E-state index contributed by atoms with van der Waals surface area (Å²) < 4.78 is 2.19. The number of hydrogen-bond acceptors (Lipinski definition) is 2. The van der Waals surface area contributed by atoms with Crippen molar-refractivity contribution in [2.75, 3.05) is 0 Å². The van der Waals surface area contributed by atoms with Crippen molar-refractivity contribution < 1.29 is 4.79 Å². The van der Waals surface area contributed by atoms with Gasteiger partial charge in [-0.1, -0.05) is 65.7 Å². The summed E-state index contributed by atoms with van der Waals surface area (Å²) in [5.41, 5.74) is 5.13. The Bertz CT molecular complexity index is 1330. The summed E-state index contributed by atoms with van der Waals surface area (Å²) in [7, 11) is 0. The van der Waals surface area contributed by atoms with Gasteiger partial charge in [-0.2, -0.15) is 5.26 Å². The largest absolute Gasteiger partial charge is 0.347 e. The number of aromatic nitrogens is 1. The van der Waals surface area contributed by atoms with Crippen molar-refractivity contribution in [3.8, 4) is 6.07 Å². The highest BCUT2D eigenvalue weighted by molar-refractivity contribution is 6.31. The van der Waals surface area contributed by atoms with Gasteiger partial charge in [0.05, 0.1) is 17.2 Å². The van der Waals surface area contributed by atoms with E-state index in [-0.39, 0.29) is 0 Å². The molecule has 0 bridgehead atoms. The molecule has 0 radical (unpaired) electrons. The maximum absolute atomic E-state index is 10.9. The summed E-state index contributed by atoms with van der Waals surface area (Å²) in [5, 5.41) is 12.2. The number of halogens is 2. The molecular formula is C27H20Cl2N2O. The lowest BCUT2D eigenvalue weighted by Crippen LogP contribution is -1.98. The monoisotopic (exact) mass is 458 g/mol. The van der Waals surface area contributed by atoms with Crippen molar-refractivity contribution in [3.63, 3.8) is 0 Å². The Kier molecular flexibility index (Phi) is 6.75. The highest BCUT2D eigenvalue weighted by Crippen LogP contribution is 2.29. The number of rotatable bonds is 7. The minimum atomic E-state index is 0.539. The van der Waals surface area contributed by atoms with E-state index >= 15 is 0 Å². The Labute approximate surface area is 197 Å². The Morgan fingerprint density at radius 2 is 1.69 bits per heavy atom. The molecule has 1 heterocycles. The molecule has 0 atom stereocenters.